The number of rotatable bonds is 27. The van der Waals surface area contributed by atoms with E-state index in [0.717, 1.165) is 14.7 Å². The number of likely N-dealkylation sites (N-methyl/N-ethyl adjacent to an activating group) is 4. The Morgan fingerprint density at radius 3 is 1.54 bits per heavy atom. The molecule has 8 N–H and O–H groups in total. The number of carboxylic acid groups (broad SMARTS) is 1. The van der Waals surface area contributed by atoms with Crippen molar-refractivity contribution in [2.75, 3.05) is 79.5 Å². The number of amides is 11. The van der Waals surface area contributed by atoms with Gasteiger partial charge in [0.25, 0.3) is 0 Å². The van der Waals surface area contributed by atoms with Crippen molar-refractivity contribution >= 4 is 71.3 Å². The van der Waals surface area contributed by atoms with Crippen molar-refractivity contribution in [2.45, 2.75) is 149 Å². The summed E-state index contributed by atoms with van der Waals surface area (Å²) in [5, 5.41) is 22.8. The van der Waals surface area contributed by atoms with Gasteiger partial charge in [0.05, 0.1) is 26.2 Å². The normalized spacial score (nSPS) is 16.7. The fourth-order valence-corrected chi connectivity index (χ4v) is 9.69. The fourth-order valence-electron chi connectivity index (χ4n) is 9.69. The van der Waals surface area contributed by atoms with Gasteiger partial charge in [0.2, 0.25) is 53.2 Å². The smallest absolute Gasteiger partial charge is 0.408 e. The van der Waals surface area contributed by atoms with Gasteiger partial charge in [0, 0.05) is 53.4 Å². The topological polar surface area (TPSA) is 349 Å². The van der Waals surface area contributed by atoms with Crippen molar-refractivity contribution < 1.29 is 72.1 Å². The van der Waals surface area contributed by atoms with E-state index >= 15 is 0 Å². The van der Waals surface area contributed by atoms with Gasteiger partial charge < -0.3 is 76.3 Å². The van der Waals surface area contributed by atoms with E-state index in [1.165, 1.54) is 28.8 Å². The van der Waals surface area contributed by atoms with Crippen molar-refractivity contribution in [1.82, 2.24) is 56.0 Å². The van der Waals surface area contributed by atoms with E-state index in [4.69, 9.17) is 15.2 Å². The van der Waals surface area contributed by atoms with Crippen molar-refractivity contribution in [1.29, 1.82) is 0 Å². The number of hydrogen-bond acceptors (Lipinski definition) is 15. The third kappa shape index (κ3) is 20.8. The molecule has 27 nitrogen and oxygen atoms in total. The van der Waals surface area contributed by atoms with Gasteiger partial charge in [-0.15, -0.1) is 0 Å². The molecule has 1 aromatic rings. The van der Waals surface area contributed by atoms with Crippen LogP contribution in [0.1, 0.15) is 106 Å². The number of carboxylic acids is 1. The first-order chi connectivity index (χ1) is 38.6. The minimum Gasteiger partial charge on any atom is -0.480 e. The molecule has 0 bridgehead atoms. The Morgan fingerprint density at radius 2 is 1.10 bits per heavy atom. The first-order valence-electron chi connectivity index (χ1n) is 28.0. The number of nitrogens with one attached hydrogen (secondary N) is 5. The van der Waals surface area contributed by atoms with Gasteiger partial charge in [0.15, 0.2) is 0 Å². The summed E-state index contributed by atoms with van der Waals surface area (Å²) < 4.78 is 10.8. The lowest BCUT2D eigenvalue weighted by Crippen LogP contribution is -2.61. The van der Waals surface area contributed by atoms with Crippen LogP contribution in [-0.2, 0) is 64.0 Å². The molecule has 1 aromatic carbocycles. The van der Waals surface area contributed by atoms with Gasteiger partial charge in [-0.1, -0.05) is 58.0 Å². The predicted octanol–water partition coefficient (Wildman–Crippen LogP) is -0.00820. The first-order valence-corrected chi connectivity index (χ1v) is 28.0. The number of likely N-dealkylation sites (tertiary alicyclic amines) is 2. The summed E-state index contributed by atoms with van der Waals surface area (Å²) in [4.78, 5) is 169. The Kier molecular flexibility index (Phi) is 27.4. The number of alkyl carbamates (subject to hydrolysis) is 2. The van der Waals surface area contributed by atoms with Crippen molar-refractivity contribution in [3.8, 4) is 0 Å². The van der Waals surface area contributed by atoms with Gasteiger partial charge in [-0.05, 0) is 90.5 Å². The maximum Gasteiger partial charge on any atom is 0.408 e. The molecule has 2 heterocycles. The number of piperidine rings is 2. The fraction of sp³-hybridized carbons (Fsp3) is 0.673. The Bertz CT molecular complexity index is 2400. The number of carbonyl (C=O) groups is 12. The molecule has 0 radical (unpaired) electrons. The van der Waals surface area contributed by atoms with Crippen LogP contribution in [0.5, 0.6) is 0 Å². The van der Waals surface area contributed by atoms with Crippen molar-refractivity contribution in [3.63, 3.8) is 0 Å². The number of nitrogens with two attached hydrogens (primary N) is 1. The van der Waals surface area contributed by atoms with Gasteiger partial charge in [-0.3, -0.25) is 43.2 Å². The molecule has 82 heavy (non-hydrogen) atoms. The van der Waals surface area contributed by atoms with Crippen LogP contribution < -0.4 is 32.3 Å². The predicted molar refractivity (Wildman–Crippen MR) is 298 cm³/mol. The average Bonchev–Trinajstić information content (AvgIpc) is 3.44. The van der Waals surface area contributed by atoms with Gasteiger partial charge >= 0.3 is 18.2 Å². The van der Waals surface area contributed by atoms with Gasteiger partial charge in [-0.25, -0.2) is 14.4 Å². The number of hydrogen-bond donors (Lipinski definition) is 7. The monoisotopic (exact) mass is 1160 g/mol. The van der Waals surface area contributed by atoms with E-state index in [1.54, 1.807) is 92.6 Å². The van der Waals surface area contributed by atoms with Gasteiger partial charge in [0.1, 0.15) is 48.5 Å². The Labute approximate surface area is 480 Å². The van der Waals surface area contributed by atoms with E-state index in [-0.39, 0.29) is 58.7 Å². The third-order valence-electron chi connectivity index (χ3n) is 13.9. The average molecular weight is 1160 g/mol. The molecule has 0 aromatic heterocycles. The van der Waals surface area contributed by atoms with Gasteiger partial charge in [-0.2, -0.15) is 0 Å². The van der Waals surface area contributed by atoms with Crippen LogP contribution in [0, 0.1) is 11.8 Å². The summed E-state index contributed by atoms with van der Waals surface area (Å²) >= 11 is 0. The minimum atomic E-state index is -1.48. The SMILES string of the molecule is CCN(C(=O)CN(C)C(=O)CN)[C@H](C(=O)NC[C@@H](NC(=O)OC(C)(C)C)C(=O)N1CCCC[C@H]1C(=O)NCC(=O)N(C)CC(=O)N(CC)[C@H](C(=O)NC[C@@H](NC(=O)OCc1ccccc1)C(=O)N1CCCC[C@H]1C(=O)O)C(C)C)C(C)C. The molecule has 0 saturated carbocycles. The highest BCUT2D eigenvalue weighted by Crippen LogP contribution is 2.21. The molecule has 2 aliphatic heterocycles. The maximum absolute atomic E-state index is 14.5. The van der Waals surface area contributed by atoms with E-state index < -0.39 is 151 Å². The van der Waals surface area contributed by atoms with Crippen LogP contribution in [0.4, 0.5) is 9.59 Å². The molecule has 27 heteroatoms. The van der Waals surface area contributed by atoms with Crippen LogP contribution >= 0.6 is 0 Å². The lowest BCUT2D eigenvalue weighted by molar-refractivity contribution is -0.153. The zero-order valence-corrected chi connectivity index (χ0v) is 49.4. The highest BCUT2D eigenvalue weighted by atomic mass is 16.6. The molecule has 2 fully saturated rings. The molecule has 458 valence electrons. The highest BCUT2D eigenvalue weighted by Gasteiger charge is 2.41. The maximum atomic E-state index is 14.5. The summed E-state index contributed by atoms with van der Waals surface area (Å²) in [6, 6.07) is 1.32. The molecule has 3 rings (SSSR count). The summed E-state index contributed by atoms with van der Waals surface area (Å²) in [6.07, 6.45) is 0.473. The van der Waals surface area contributed by atoms with Crippen LogP contribution in [0.2, 0.25) is 0 Å². The molecule has 2 saturated heterocycles. The molecule has 0 spiro atoms. The number of benzene rings is 1. The van der Waals surface area contributed by atoms with Crippen LogP contribution in [0.3, 0.4) is 0 Å². The number of carbonyl (C=O) groups excluding carboxylic acids is 11. The molecule has 0 aliphatic carbocycles. The summed E-state index contributed by atoms with van der Waals surface area (Å²) in [5.74, 6) is -8.11. The standard InChI is InChI=1S/C55H88N12O15/c1-12-64(43(70)31-62(10)41(68)27-56)45(34(3)4)49(74)58-29-38(61-54(80)82-55(7,8)9)50(75)66-25-19-17-23-39(66)47(72)59-30-42(69)63(11)32-44(71)65(13-2)46(35(5)6)48(73)57-28-37(51(76)67-26-20-18-24-40(67)52(77)78)60-53(79)81-33-36-21-15-14-16-22-36/h14-16,21-22,34-35,37-40,45-46H,12-13,17-20,23-33,56H2,1-11H3,(H,57,73)(H,58,74)(H,59,72)(H,60,79)(H,61,80)(H,77,78)/t37-,38-,39+,40+,45+,46+/m1/s1. The van der Waals surface area contributed by atoms with E-state index in [0.29, 0.717) is 31.2 Å². The van der Waals surface area contributed by atoms with Crippen LogP contribution in [0.25, 0.3) is 0 Å². The van der Waals surface area contributed by atoms with Crippen LogP contribution in [-0.4, -0.2) is 227 Å². The first kappa shape index (κ1) is 68.7. The molecular weight excluding hydrogens is 1070 g/mol. The summed E-state index contributed by atoms with van der Waals surface area (Å²) in [7, 11) is 2.74. The second-order valence-corrected chi connectivity index (χ2v) is 22.0. The Balaban J connectivity index is 1.74. The van der Waals surface area contributed by atoms with E-state index in [9.17, 15) is 62.6 Å². The summed E-state index contributed by atoms with van der Waals surface area (Å²) in [6.45, 7) is 12.3. The zero-order chi connectivity index (χ0) is 61.6. The third-order valence-corrected chi connectivity index (χ3v) is 13.9. The molecule has 2 aliphatic rings. The van der Waals surface area contributed by atoms with Crippen molar-refractivity contribution in [2.24, 2.45) is 17.6 Å². The number of ether oxygens (including phenoxy) is 2. The quantitative estimate of drug-likeness (QED) is 0.0609. The van der Waals surface area contributed by atoms with E-state index in [1.807, 2.05) is 0 Å². The number of nitrogens with zero attached hydrogens (tertiary/aromatic N) is 6. The molecule has 11 amide bonds. The van der Waals surface area contributed by atoms with E-state index in [2.05, 4.69) is 26.6 Å². The molecular formula is C55H88N12O15. The zero-order valence-electron chi connectivity index (χ0n) is 49.4. The molecule has 6 atom stereocenters. The largest absolute Gasteiger partial charge is 0.480 e. The second-order valence-electron chi connectivity index (χ2n) is 22.0. The Morgan fingerprint density at radius 1 is 0.646 bits per heavy atom. The molecule has 0 unspecified atom stereocenters. The Hall–Kier alpha value is -7.58. The second kappa shape index (κ2) is 32.8. The number of aliphatic carboxylic acids is 1. The van der Waals surface area contributed by atoms with Crippen LogP contribution in [0.15, 0.2) is 30.3 Å². The lowest BCUT2D eigenvalue weighted by atomic mass is 9.99. The minimum absolute atomic E-state index is 0.000854. The summed E-state index contributed by atoms with van der Waals surface area (Å²) in [5.41, 5.74) is 5.14. The lowest BCUT2D eigenvalue weighted by Gasteiger charge is -2.37. The van der Waals surface area contributed by atoms with Crippen molar-refractivity contribution in [3.05, 3.63) is 35.9 Å². The highest BCUT2D eigenvalue weighted by molar-refractivity contribution is 5.96.